The maximum atomic E-state index is 12.9. The summed E-state index contributed by atoms with van der Waals surface area (Å²) in [5, 5.41) is 5.76. The number of aromatic nitrogens is 3. The molecule has 0 radical (unpaired) electrons. The minimum absolute atomic E-state index is 0.0671. The highest BCUT2D eigenvalue weighted by Crippen LogP contribution is 2.43. The van der Waals surface area contributed by atoms with E-state index < -0.39 is 0 Å². The molecule has 2 aliphatic heterocycles. The fourth-order valence-electron chi connectivity index (χ4n) is 4.54. The Labute approximate surface area is 162 Å². The van der Waals surface area contributed by atoms with E-state index in [-0.39, 0.29) is 11.5 Å². The Hall–Kier alpha value is -2.31. The van der Waals surface area contributed by atoms with Crippen LogP contribution in [-0.4, -0.2) is 45.3 Å². The molecule has 6 nitrogen and oxygen atoms in total. The highest BCUT2D eigenvalue weighted by atomic mass is 35.5. The van der Waals surface area contributed by atoms with Crippen LogP contribution in [0, 0.1) is 0 Å². The summed E-state index contributed by atoms with van der Waals surface area (Å²) in [4.78, 5) is 18.4. The highest BCUT2D eigenvalue weighted by Gasteiger charge is 2.43. The normalized spacial score (nSPS) is 18.8. The van der Waals surface area contributed by atoms with Gasteiger partial charge in [-0.2, -0.15) is 5.10 Å². The number of likely N-dealkylation sites (tertiary alicyclic amines) is 1. The van der Waals surface area contributed by atoms with E-state index >= 15 is 0 Å². The van der Waals surface area contributed by atoms with Crippen molar-refractivity contribution in [2.75, 3.05) is 19.7 Å². The number of rotatable bonds is 1. The molecule has 2 aliphatic rings. The molecule has 1 spiro atoms. The Morgan fingerprint density at radius 1 is 1.30 bits per heavy atom. The molecule has 140 valence electrons. The first kappa shape index (κ1) is 16.8. The molecule has 1 fully saturated rings. The van der Waals surface area contributed by atoms with E-state index in [1.165, 1.54) is 22.8 Å². The topological polar surface area (TPSA) is 63.1 Å². The predicted molar refractivity (Wildman–Crippen MR) is 103 cm³/mol. The van der Waals surface area contributed by atoms with Gasteiger partial charge in [-0.25, -0.2) is 0 Å². The number of nitrogens with one attached hydrogen (secondary N) is 1. The minimum atomic E-state index is -0.334. The molecule has 0 unspecified atom stereocenters. The molecule has 2 aromatic heterocycles. The molecule has 3 aromatic rings. The van der Waals surface area contributed by atoms with Crippen LogP contribution >= 0.6 is 11.6 Å². The molecule has 0 bridgehead atoms. The number of carbonyl (C=O) groups excluding carboxylic acids is 1. The number of hydrogen-bond acceptors (Lipinski definition) is 3. The maximum Gasteiger partial charge on any atom is 0.273 e. The molecule has 1 amide bonds. The number of piperidine rings is 1. The molecule has 5 rings (SSSR count). The lowest BCUT2D eigenvalue weighted by molar-refractivity contribution is -0.0958. The smallest absolute Gasteiger partial charge is 0.273 e. The Kier molecular flexibility index (Phi) is 3.81. The summed E-state index contributed by atoms with van der Waals surface area (Å²) < 4.78 is 7.86. The summed E-state index contributed by atoms with van der Waals surface area (Å²) in [5.41, 5.74) is 3.84. The number of hydrogen-bond donors (Lipinski definition) is 1. The standard InChI is InChI=1S/C20H21ClN4O2/c1-24-17(15(21)12-22-24)19(26)25-9-7-20(8-10-25)18-14(6-11-27-20)13-4-2-3-5-16(13)23-18/h2-5,12,23H,6-11H2,1H3. The maximum absolute atomic E-state index is 12.9. The second-order valence-electron chi connectivity index (χ2n) is 7.37. The Bertz CT molecular complexity index is 1010. The summed E-state index contributed by atoms with van der Waals surface area (Å²) in [7, 11) is 1.74. The van der Waals surface area contributed by atoms with Gasteiger partial charge in [-0.05, 0) is 30.9 Å². The lowest BCUT2D eigenvalue weighted by Gasteiger charge is -2.43. The first-order valence-corrected chi connectivity index (χ1v) is 9.68. The molecule has 27 heavy (non-hydrogen) atoms. The number of fused-ring (bicyclic) bond motifs is 4. The largest absolute Gasteiger partial charge is 0.368 e. The average Bonchev–Trinajstić information content (AvgIpc) is 3.23. The first-order chi connectivity index (χ1) is 13.1. The van der Waals surface area contributed by atoms with E-state index in [4.69, 9.17) is 16.3 Å². The van der Waals surface area contributed by atoms with Crippen molar-refractivity contribution in [3.63, 3.8) is 0 Å². The highest BCUT2D eigenvalue weighted by molar-refractivity contribution is 6.33. The van der Waals surface area contributed by atoms with Crippen LogP contribution in [0.1, 0.15) is 34.6 Å². The van der Waals surface area contributed by atoms with E-state index in [9.17, 15) is 4.79 Å². The SMILES string of the molecule is Cn1ncc(Cl)c1C(=O)N1CCC2(CC1)OCCc1c2[nH]c2ccccc12. The van der Waals surface area contributed by atoms with E-state index in [0.29, 0.717) is 23.8 Å². The molecule has 0 saturated carbocycles. The van der Waals surface area contributed by atoms with Gasteiger partial charge in [-0.3, -0.25) is 9.48 Å². The molecule has 4 heterocycles. The third kappa shape index (κ3) is 2.51. The van der Waals surface area contributed by atoms with Crippen LogP contribution in [-0.2, 0) is 23.8 Å². The fraction of sp³-hybridized carbons (Fsp3) is 0.400. The van der Waals surface area contributed by atoms with Gasteiger partial charge in [0.05, 0.1) is 23.5 Å². The summed E-state index contributed by atoms with van der Waals surface area (Å²) >= 11 is 6.15. The number of benzene rings is 1. The van der Waals surface area contributed by atoms with Crippen LogP contribution in [0.25, 0.3) is 10.9 Å². The quantitative estimate of drug-likeness (QED) is 0.700. The zero-order valence-electron chi connectivity index (χ0n) is 15.2. The number of H-pyrrole nitrogens is 1. The Morgan fingerprint density at radius 2 is 2.07 bits per heavy atom. The molecule has 1 saturated heterocycles. The van der Waals surface area contributed by atoms with Gasteiger partial charge in [0.1, 0.15) is 11.3 Å². The third-order valence-corrected chi connectivity index (χ3v) is 6.23. The van der Waals surface area contributed by atoms with Crippen LogP contribution in [0.4, 0.5) is 0 Å². The first-order valence-electron chi connectivity index (χ1n) is 9.30. The average molecular weight is 385 g/mol. The molecule has 7 heteroatoms. The van der Waals surface area contributed by atoms with E-state index in [0.717, 1.165) is 31.4 Å². The van der Waals surface area contributed by atoms with Gasteiger partial charge >= 0.3 is 0 Å². The van der Waals surface area contributed by atoms with Crippen LogP contribution in [0.2, 0.25) is 5.02 Å². The number of carbonyl (C=O) groups is 1. The lowest BCUT2D eigenvalue weighted by Crippen LogP contribution is -2.48. The lowest BCUT2D eigenvalue weighted by atomic mass is 9.83. The molecule has 1 aromatic carbocycles. The van der Waals surface area contributed by atoms with Crippen molar-refractivity contribution in [2.45, 2.75) is 24.9 Å². The summed E-state index contributed by atoms with van der Waals surface area (Å²) in [5.74, 6) is -0.0671. The molecule has 0 aliphatic carbocycles. The summed E-state index contributed by atoms with van der Waals surface area (Å²) in [6.07, 6.45) is 3.98. The number of ether oxygens (including phenoxy) is 1. The molecular formula is C20H21ClN4O2. The van der Waals surface area contributed by atoms with Crippen LogP contribution in [0.3, 0.4) is 0 Å². The minimum Gasteiger partial charge on any atom is -0.368 e. The molecule has 1 N–H and O–H groups in total. The predicted octanol–water partition coefficient (Wildman–Crippen LogP) is 3.26. The van der Waals surface area contributed by atoms with Crippen molar-refractivity contribution in [1.29, 1.82) is 0 Å². The summed E-state index contributed by atoms with van der Waals surface area (Å²) in [6, 6.07) is 8.42. The van der Waals surface area contributed by atoms with Crippen molar-refractivity contribution >= 4 is 28.4 Å². The van der Waals surface area contributed by atoms with Crippen molar-refractivity contribution in [1.82, 2.24) is 19.7 Å². The van der Waals surface area contributed by atoms with Crippen LogP contribution in [0.5, 0.6) is 0 Å². The van der Waals surface area contributed by atoms with Gasteiger partial charge in [0.15, 0.2) is 0 Å². The van der Waals surface area contributed by atoms with Gasteiger partial charge in [0.2, 0.25) is 0 Å². The van der Waals surface area contributed by atoms with Gasteiger partial charge in [0, 0.05) is 31.0 Å². The van der Waals surface area contributed by atoms with Crippen molar-refractivity contribution in [2.24, 2.45) is 7.05 Å². The number of nitrogens with zero attached hydrogens (tertiary/aromatic N) is 3. The number of para-hydroxylation sites is 1. The van der Waals surface area contributed by atoms with Crippen molar-refractivity contribution < 1.29 is 9.53 Å². The fourth-order valence-corrected chi connectivity index (χ4v) is 4.78. The van der Waals surface area contributed by atoms with Gasteiger partial charge in [-0.15, -0.1) is 0 Å². The summed E-state index contributed by atoms with van der Waals surface area (Å²) in [6.45, 7) is 1.99. The third-order valence-electron chi connectivity index (χ3n) is 5.95. The van der Waals surface area contributed by atoms with Gasteiger partial charge in [0.25, 0.3) is 5.91 Å². The number of amides is 1. The zero-order valence-corrected chi connectivity index (χ0v) is 15.9. The van der Waals surface area contributed by atoms with Crippen molar-refractivity contribution in [3.05, 3.63) is 52.4 Å². The van der Waals surface area contributed by atoms with E-state index in [1.54, 1.807) is 11.7 Å². The monoisotopic (exact) mass is 384 g/mol. The van der Waals surface area contributed by atoms with E-state index in [1.807, 2.05) is 4.90 Å². The zero-order chi connectivity index (χ0) is 18.6. The van der Waals surface area contributed by atoms with Crippen LogP contribution < -0.4 is 0 Å². The van der Waals surface area contributed by atoms with Crippen molar-refractivity contribution in [3.8, 4) is 0 Å². The number of aromatic amines is 1. The Morgan fingerprint density at radius 3 is 2.81 bits per heavy atom. The molecular weight excluding hydrogens is 364 g/mol. The van der Waals surface area contributed by atoms with Gasteiger partial charge in [-0.1, -0.05) is 29.8 Å². The molecule has 0 atom stereocenters. The van der Waals surface area contributed by atoms with E-state index in [2.05, 4.69) is 34.3 Å². The van der Waals surface area contributed by atoms with Crippen LogP contribution in [0.15, 0.2) is 30.5 Å². The second kappa shape index (κ2) is 6.11. The number of aryl methyl sites for hydroxylation is 1. The van der Waals surface area contributed by atoms with Gasteiger partial charge < -0.3 is 14.6 Å². The number of halogens is 1. The Balaban J connectivity index is 1.43. The second-order valence-corrected chi connectivity index (χ2v) is 7.78.